The molecule has 3 rings (SSSR count). The number of nitrogens with zero attached hydrogens (tertiary/aromatic N) is 3. The number of aromatic nitrogens is 2. The molecule has 0 bridgehead atoms. The van der Waals surface area contributed by atoms with Crippen LogP contribution in [0.1, 0.15) is 28.9 Å². The van der Waals surface area contributed by atoms with E-state index in [1.807, 2.05) is 0 Å². The molecule has 1 aromatic carbocycles. The summed E-state index contributed by atoms with van der Waals surface area (Å²) in [7, 11) is 0. The summed E-state index contributed by atoms with van der Waals surface area (Å²) in [4.78, 5) is 14.5. The van der Waals surface area contributed by atoms with Crippen LogP contribution in [0, 0.1) is 19.8 Å². The van der Waals surface area contributed by atoms with Gasteiger partial charge in [-0.25, -0.2) is 4.63 Å². The van der Waals surface area contributed by atoms with E-state index in [0.29, 0.717) is 23.9 Å². The van der Waals surface area contributed by atoms with Crippen LogP contribution in [-0.4, -0.2) is 40.8 Å². The minimum Gasteiger partial charge on any atom is -0.355 e. The van der Waals surface area contributed by atoms with Crippen molar-refractivity contribution in [3.63, 3.8) is 0 Å². The fourth-order valence-corrected chi connectivity index (χ4v) is 3.17. The molecule has 1 aromatic heterocycles. The minimum absolute atomic E-state index is 0.0223. The van der Waals surface area contributed by atoms with Crippen molar-refractivity contribution in [3.05, 3.63) is 46.8 Å². The zero-order valence-electron chi connectivity index (χ0n) is 14.3. The van der Waals surface area contributed by atoms with Gasteiger partial charge in [-0.2, -0.15) is 0 Å². The molecule has 1 atom stereocenters. The number of carbonyl (C=O) groups is 1. The molecule has 1 aliphatic heterocycles. The summed E-state index contributed by atoms with van der Waals surface area (Å²) in [6.45, 7) is 7.72. The lowest BCUT2D eigenvalue weighted by Crippen LogP contribution is -2.32. The molecule has 1 aliphatic rings. The SMILES string of the molecule is Cc1cccc(CN2CC[C@H](CNC(=O)Cc3nonc3C)C2)c1. The Morgan fingerprint density at radius 3 is 3.00 bits per heavy atom. The Morgan fingerprint density at radius 1 is 1.38 bits per heavy atom. The van der Waals surface area contributed by atoms with Gasteiger partial charge in [-0.3, -0.25) is 9.69 Å². The Morgan fingerprint density at radius 2 is 2.25 bits per heavy atom. The summed E-state index contributed by atoms with van der Waals surface area (Å²) >= 11 is 0. The summed E-state index contributed by atoms with van der Waals surface area (Å²) in [6, 6.07) is 8.65. The van der Waals surface area contributed by atoms with E-state index in [2.05, 4.69) is 56.3 Å². The van der Waals surface area contributed by atoms with Gasteiger partial charge in [-0.1, -0.05) is 40.1 Å². The second-order valence-electron chi connectivity index (χ2n) is 6.66. The first-order valence-corrected chi connectivity index (χ1v) is 8.43. The molecule has 0 unspecified atom stereocenters. The fraction of sp³-hybridized carbons (Fsp3) is 0.500. The van der Waals surface area contributed by atoms with Crippen LogP contribution in [0.2, 0.25) is 0 Å². The maximum absolute atomic E-state index is 12.0. The number of nitrogens with one attached hydrogen (secondary N) is 1. The Kier molecular flexibility index (Phi) is 5.25. The summed E-state index contributed by atoms with van der Waals surface area (Å²) in [5.74, 6) is 0.487. The van der Waals surface area contributed by atoms with Gasteiger partial charge in [0.05, 0.1) is 6.42 Å². The molecule has 1 N–H and O–H groups in total. The average Bonchev–Trinajstić information content (AvgIpc) is 3.15. The van der Waals surface area contributed by atoms with E-state index >= 15 is 0 Å². The van der Waals surface area contributed by atoms with Gasteiger partial charge in [-0.05, 0) is 38.3 Å². The van der Waals surface area contributed by atoms with E-state index in [1.165, 1.54) is 11.1 Å². The third-order valence-electron chi connectivity index (χ3n) is 4.52. The highest BCUT2D eigenvalue weighted by molar-refractivity contribution is 5.78. The number of aryl methyl sites for hydroxylation is 2. The number of rotatable bonds is 6. The predicted molar refractivity (Wildman–Crippen MR) is 90.3 cm³/mol. The topological polar surface area (TPSA) is 71.3 Å². The smallest absolute Gasteiger partial charge is 0.226 e. The molecule has 2 heterocycles. The lowest BCUT2D eigenvalue weighted by Gasteiger charge is -2.16. The third-order valence-corrected chi connectivity index (χ3v) is 4.52. The number of hydrogen-bond acceptors (Lipinski definition) is 5. The maximum Gasteiger partial charge on any atom is 0.226 e. The number of hydrogen-bond donors (Lipinski definition) is 1. The van der Waals surface area contributed by atoms with Crippen molar-refractivity contribution in [2.24, 2.45) is 5.92 Å². The Labute approximate surface area is 142 Å². The normalized spacial score (nSPS) is 18.0. The molecule has 0 saturated carbocycles. The molecular weight excluding hydrogens is 304 g/mol. The highest BCUT2D eigenvalue weighted by atomic mass is 16.6. The van der Waals surface area contributed by atoms with Crippen LogP contribution < -0.4 is 5.32 Å². The maximum atomic E-state index is 12.0. The van der Waals surface area contributed by atoms with Crippen molar-refractivity contribution < 1.29 is 9.42 Å². The second-order valence-corrected chi connectivity index (χ2v) is 6.66. The van der Waals surface area contributed by atoms with Gasteiger partial charge in [0.15, 0.2) is 0 Å². The summed E-state index contributed by atoms with van der Waals surface area (Å²) in [5, 5.41) is 10.4. The monoisotopic (exact) mass is 328 g/mol. The zero-order valence-corrected chi connectivity index (χ0v) is 14.3. The van der Waals surface area contributed by atoms with Crippen molar-refractivity contribution in [2.45, 2.75) is 33.2 Å². The first kappa shape index (κ1) is 16.6. The highest BCUT2D eigenvalue weighted by Gasteiger charge is 2.23. The molecule has 0 radical (unpaired) electrons. The van der Waals surface area contributed by atoms with Crippen molar-refractivity contribution in [2.75, 3.05) is 19.6 Å². The predicted octanol–water partition coefficient (Wildman–Crippen LogP) is 1.87. The first-order chi connectivity index (χ1) is 11.6. The third kappa shape index (κ3) is 4.41. The molecular formula is C18H24N4O2. The van der Waals surface area contributed by atoms with E-state index in [4.69, 9.17) is 0 Å². The van der Waals surface area contributed by atoms with Crippen molar-refractivity contribution in [1.82, 2.24) is 20.5 Å². The molecule has 2 aromatic rings. The van der Waals surface area contributed by atoms with Crippen LogP contribution >= 0.6 is 0 Å². The molecule has 1 saturated heterocycles. The van der Waals surface area contributed by atoms with Crippen LogP contribution in [0.5, 0.6) is 0 Å². The molecule has 1 fully saturated rings. The van der Waals surface area contributed by atoms with Gasteiger partial charge in [0.2, 0.25) is 5.91 Å². The molecule has 24 heavy (non-hydrogen) atoms. The van der Waals surface area contributed by atoms with Crippen LogP contribution in [0.3, 0.4) is 0 Å². The minimum atomic E-state index is -0.0223. The standard InChI is InChI=1S/C18H24N4O2/c1-13-4-3-5-15(8-13)11-22-7-6-16(12-22)10-19-18(23)9-17-14(2)20-24-21-17/h3-5,8,16H,6-7,9-12H2,1-2H3,(H,19,23)/t16-/m1/s1. The Balaban J connectivity index is 1.41. The molecule has 128 valence electrons. The quantitative estimate of drug-likeness (QED) is 0.876. The summed E-state index contributed by atoms with van der Waals surface area (Å²) in [6.07, 6.45) is 1.35. The molecule has 6 heteroatoms. The van der Waals surface area contributed by atoms with E-state index in [-0.39, 0.29) is 12.3 Å². The second kappa shape index (κ2) is 7.57. The van der Waals surface area contributed by atoms with Gasteiger partial charge >= 0.3 is 0 Å². The summed E-state index contributed by atoms with van der Waals surface area (Å²) < 4.78 is 4.62. The van der Waals surface area contributed by atoms with E-state index < -0.39 is 0 Å². The van der Waals surface area contributed by atoms with E-state index in [1.54, 1.807) is 6.92 Å². The van der Waals surface area contributed by atoms with Crippen LogP contribution in [0.25, 0.3) is 0 Å². The van der Waals surface area contributed by atoms with Crippen LogP contribution in [0.15, 0.2) is 28.9 Å². The zero-order chi connectivity index (χ0) is 16.9. The van der Waals surface area contributed by atoms with Gasteiger partial charge in [0, 0.05) is 19.6 Å². The number of likely N-dealkylation sites (tertiary alicyclic amines) is 1. The largest absolute Gasteiger partial charge is 0.355 e. The van der Waals surface area contributed by atoms with Gasteiger partial charge < -0.3 is 5.32 Å². The first-order valence-electron chi connectivity index (χ1n) is 8.43. The van der Waals surface area contributed by atoms with Gasteiger partial charge in [0.1, 0.15) is 11.4 Å². The fourth-order valence-electron chi connectivity index (χ4n) is 3.17. The number of amides is 1. The Bertz CT molecular complexity index is 698. The lowest BCUT2D eigenvalue weighted by molar-refractivity contribution is -0.120. The summed E-state index contributed by atoms with van der Waals surface area (Å²) in [5.41, 5.74) is 3.94. The molecule has 0 aliphatic carbocycles. The van der Waals surface area contributed by atoms with E-state index in [9.17, 15) is 4.79 Å². The van der Waals surface area contributed by atoms with Crippen molar-refractivity contribution in [3.8, 4) is 0 Å². The molecule has 6 nitrogen and oxygen atoms in total. The van der Waals surface area contributed by atoms with Gasteiger partial charge in [0.25, 0.3) is 0 Å². The van der Waals surface area contributed by atoms with Crippen LogP contribution in [0.4, 0.5) is 0 Å². The molecule has 1 amide bonds. The van der Waals surface area contributed by atoms with Crippen molar-refractivity contribution in [1.29, 1.82) is 0 Å². The van der Waals surface area contributed by atoms with Crippen LogP contribution in [-0.2, 0) is 17.8 Å². The van der Waals surface area contributed by atoms with Crippen molar-refractivity contribution >= 4 is 5.91 Å². The molecule has 0 spiro atoms. The van der Waals surface area contributed by atoms with Gasteiger partial charge in [-0.15, -0.1) is 0 Å². The van der Waals surface area contributed by atoms with E-state index in [0.717, 1.165) is 26.1 Å². The number of carbonyl (C=O) groups excluding carboxylic acids is 1. The highest BCUT2D eigenvalue weighted by Crippen LogP contribution is 2.18. The lowest BCUT2D eigenvalue weighted by atomic mass is 10.1. The Hall–Kier alpha value is -2.21. The average molecular weight is 328 g/mol. The number of benzene rings is 1.